The lowest BCUT2D eigenvalue weighted by molar-refractivity contribution is -0.166. The lowest BCUT2D eigenvalue weighted by Gasteiger charge is -2.19. The maximum absolute atomic E-state index is 12.5. The third-order valence-electron chi connectivity index (χ3n) is 2.67. The van der Waals surface area contributed by atoms with Crippen molar-refractivity contribution in [3.8, 4) is 6.07 Å². The Kier molecular flexibility index (Phi) is 2.43. The van der Waals surface area contributed by atoms with E-state index < -0.39 is 11.7 Å². The first-order chi connectivity index (χ1) is 7.47. The minimum absolute atomic E-state index is 0.0127. The van der Waals surface area contributed by atoms with E-state index in [1.807, 2.05) is 0 Å². The molecule has 1 aromatic heterocycles. The van der Waals surface area contributed by atoms with Gasteiger partial charge in [-0.15, -0.1) is 0 Å². The number of furan rings is 1. The van der Waals surface area contributed by atoms with Crippen molar-refractivity contribution >= 4 is 0 Å². The maximum Gasteiger partial charge on any atom is 0.406 e. The van der Waals surface area contributed by atoms with E-state index in [2.05, 4.69) is 5.32 Å². The van der Waals surface area contributed by atoms with Crippen molar-refractivity contribution < 1.29 is 17.6 Å². The van der Waals surface area contributed by atoms with Gasteiger partial charge in [0.1, 0.15) is 17.4 Å². The molecule has 86 valence electrons. The van der Waals surface area contributed by atoms with Crippen LogP contribution in [-0.2, 0) is 6.54 Å². The SMILES string of the molecule is N#Cc1ccc(CNC2(C(F)(F)F)CC2)o1. The predicted octanol–water partition coefficient (Wildman–Crippen LogP) is 2.34. The normalized spacial score (nSPS) is 18.1. The molecule has 0 unspecified atom stereocenters. The molecule has 3 nitrogen and oxygen atoms in total. The van der Waals surface area contributed by atoms with Gasteiger partial charge in [0, 0.05) is 0 Å². The zero-order valence-corrected chi connectivity index (χ0v) is 8.27. The summed E-state index contributed by atoms with van der Waals surface area (Å²) in [6.45, 7) is -0.0127. The van der Waals surface area contributed by atoms with Crippen LogP contribution in [0.1, 0.15) is 24.4 Å². The Bertz CT molecular complexity index is 426. The second-order valence-electron chi connectivity index (χ2n) is 3.81. The molecule has 1 fully saturated rings. The number of rotatable bonds is 3. The molecule has 1 N–H and O–H groups in total. The summed E-state index contributed by atoms with van der Waals surface area (Å²) in [7, 11) is 0. The van der Waals surface area contributed by atoms with Gasteiger partial charge in [0.25, 0.3) is 0 Å². The van der Waals surface area contributed by atoms with Crippen molar-refractivity contribution in [2.24, 2.45) is 0 Å². The molecule has 1 aliphatic carbocycles. The molecule has 1 heterocycles. The molecule has 1 saturated carbocycles. The summed E-state index contributed by atoms with van der Waals surface area (Å²) in [6.07, 6.45) is -4.03. The number of hydrogen-bond acceptors (Lipinski definition) is 3. The summed E-state index contributed by atoms with van der Waals surface area (Å²) in [4.78, 5) is 0. The quantitative estimate of drug-likeness (QED) is 0.866. The van der Waals surface area contributed by atoms with Crippen LogP contribution in [0.25, 0.3) is 0 Å². The first-order valence-corrected chi connectivity index (χ1v) is 4.77. The Balaban J connectivity index is 1.96. The van der Waals surface area contributed by atoms with Crippen LogP contribution >= 0.6 is 0 Å². The molecule has 1 aliphatic rings. The highest BCUT2D eigenvalue weighted by Gasteiger charge is 2.63. The molecular weight excluding hydrogens is 221 g/mol. The van der Waals surface area contributed by atoms with E-state index in [1.54, 1.807) is 6.07 Å². The molecule has 0 atom stereocenters. The average molecular weight is 230 g/mol. The van der Waals surface area contributed by atoms with Gasteiger partial charge >= 0.3 is 6.18 Å². The summed E-state index contributed by atoms with van der Waals surface area (Å²) < 4.78 is 42.6. The van der Waals surface area contributed by atoms with E-state index in [0.29, 0.717) is 5.76 Å². The minimum Gasteiger partial charge on any atom is -0.449 e. The van der Waals surface area contributed by atoms with Crippen LogP contribution in [0.5, 0.6) is 0 Å². The second kappa shape index (κ2) is 3.52. The van der Waals surface area contributed by atoms with Gasteiger partial charge in [-0.3, -0.25) is 5.32 Å². The van der Waals surface area contributed by atoms with Crippen LogP contribution in [0.3, 0.4) is 0 Å². The fourth-order valence-electron chi connectivity index (χ4n) is 1.47. The third-order valence-corrected chi connectivity index (χ3v) is 2.67. The largest absolute Gasteiger partial charge is 0.449 e. The van der Waals surface area contributed by atoms with Gasteiger partial charge in [-0.1, -0.05) is 0 Å². The molecule has 16 heavy (non-hydrogen) atoms. The summed E-state index contributed by atoms with van der Waals surface area (Å²) >= 11 is 0. The van der Waals surface area contributed by atoms with Crippen LogP contribution < -0.4 is 5.32 Å². The summed E-state index contributed by atoms with van der Waals surface area (Å²) in [5.74, 6) is 0.445. The number of hydrogen-bond donors (Lipinski definition) is 1. The number of nitrogens with one attached hydrogen (secondary N) is 1. The smallest absolute Gasteiger partial charge is 0.406 e. The highest BCUT2D eigenvalue weighted by atomic mass is 19.4. The zero-order valence-electron chi connectivity index (χ0n) is 8.27. The van der Waals surface area contributed by atoms with Crippen LogP contribution in [0, 0.1) is 11.3 Å². The fraction of sp³-hybridized carbons (Fsp3) is 0.500. The number of halogens is 3. The van der Waals surface area contributed by atoms with Gasteiger partial charge in [-0.2, -0.15) is 18.4 Å². The molecule has 2 rings (SSSR count). The van der Waals surface area contributed by atoms with Crippen molar-refractivity contribution in [2.45, 2.75) is 31.1 Å². The van der Waals surface area contributed by atoms with Crippen molar-refractivity contribution in [1.29, 1.82) is 5.26 Å². The predicted molar refractivity (Wildman–Crippen MR) is 48.3 cm³/mol. The minimum atomic E-state index is -4.22. The maximum atomic E-state index is 12.5. The molecule has 0 bridgehead atoms. The Morgan fingerprint density at radius 2 is 2.12 bits per heavy atom. The molecule has 6 heteroatoms. The van der Waals surface area contributed by atoms with Gasteiger partial charge in [0.05, 0.1) is 6.54 Å². The van der Waals surface area contributed by atoms with Gasteiger partial charge in [-0.05, 0) is 25.0 Å². The van der Waals surface area contributed by atoms with Crippen LogP contribution in [0.15, 0.2) is 16.5 Å². The Morgan fingerprint density at radius 3 is 2.56 bits per heavy atom. The number of alkyl halides is 3. The van der Waals surface area contributed by atoms with Gasteiger partial charge in [0.2, 0.25) is 5.76 Å². The van der Waals surface area contributed by atoms with Gasteiger partial charge in [0.15, 0.2) is 0 Å². The Labute approximate surface area is 89.8 Å². The molecule has 0 radical (unpaired) electrons. The summed E-state index contributed by atoms with van der Waals surface area (Å²) in [5.41, 5.74) is -1.74. The van der Waals surface area contributed by atoms with Crippen molar-refractivity contribution in [1.82, 2.24) is 5.32 Å². The van der Waals surface area contributed by atoms with Crippen molar-refractivity contribution in [3.63, 3.8) is 0 Å². The van der Waals surface area contributed by atoms with Crippen molar-refractivity contribution in [2.75, 3.05) is 0 Å². The Morgan fingerprint density at radius 1 is 1.44 bits per heavy atom. The highest BCUT2D eigenvalue weighted by molar-refractivity contribution is 5.19. The zero-order chi connectivity index (χ0) is 11.8. The fourth-order valence-corrected chi connectivity index (χ4v) is 1.47. The van der Waals surface area contributed by atoms with E-state index in [-0.39, 0.29) is 25.1 Å². The topological polar surface area (TPSA) is 49.0 Å². The summed E-state index contributed by atoms with van der Waals surface area (Å²) in [6, 6.07) is 4.71. The van der Waals surface area contributed by atoms with E-state index in [4.69, 9.17) is 9.68 Å². The first-order valence-electron chi connectivity index (χ1n) is 4.77. The molecular formula is C10H9F3N2O. The third kappa shape index (κ3) is 1.91. The van der Waals surface area contributed by atoms with Crippen LogP contribution in [0.2, 0.25) is 0 Å². The average Bonchev–Trinajstić information content (AvgIpc) is 2.88. The number of nitrogens with zero attached hydrogens (tertiary/aromatic N) is 1. The molecule has 1 aromatic rings. The summed E-state index contributed by atoms with van der Waals surface area (Å²) in [5, 5.41) is 10.9. The second-order valence-corrected chi connectivity index (χ2v) is 3.81. The number of nitriles is 1. The standard InChI is InChI=1S/C10H9F3N2O/c11-10(12,13)9(3-4-9)15-6-8-2-1-7(5-14)16-8/h1-2,15H,3-4,6H2. The van der Waals surface area contributed by atoms with Crippen LogP contribution in [-0.4, -0.2) is 11.7 Å². The van der Waals surface area contributed by atoms with E-state index in [0.717, 1.165) is 0 Å². The van der Waals surface area contributed by atoms with E-state index >= 15 is 0 Å². The van der Waals surface area contributed by atoms with Gasteiger partial charge < -0.3 is 4.42 Å². The molecule has 0 saturated heterocycles. The molecule has 0 amide bonds. The monoisotopic (exact) mass is 230 g/mol. The van der Waals surface area contributed by atoms with Crippen LogP contribution in [0.4, 0.5) is 13.2 Å². The lowest BCUT2D eigenvalue weighted by atomic mass is 10.2. The van der Waals surface area contributed by atoms with E-state index in [1.165, 1.54) is 12.1 Å². The Hall–Kier alpha value is -1.48. The van der Waals surface area contributed by atoms with E-state index in [9.17, 15) is 13.2 Å². The highest BCUT2D eigenvalue weighted by Crippen LogP contribution is 2.49. The lowest BCUT2D eigenvalue weighted by Crippen LogP contribution is -2.44. The van der Waals surface area contributed by atoms with Crippen molar-refractivity contribution in [3.05, 3.63) is 23.7 Å². The molecule has 0 spiro atoms. The molecule has 0 aromatic carbocycles. The van der Waals surface area contributed by atoms with Gasteiger partial charge in [-0.25, -0.2) is 0 Å². The molecule has 0 aliphatic heterocycles. The first kappa shape index (κ1) is 11.0.